The van der Waals surface area contributed by atoms with Gasteiger partial charge in [-0.1, -0.05) is 24.3 Å². The van der Waals surface area contributed by atoms with Crippen LogP contribution in [-0.4, -0.2) is 48.4 Å². The topological polar surface area (TPSA) is 52.9 Å². The number of nitrogens with zero attached hydrogens (tertiary/aromatic N) is 1. The van der Waals surface area contributed by atoms with Gasteiger partial charge in [-0.15, -0.1) is 0 Å². The molecule has 1 aromatic carbocycles. The third-order valence-corrected chi connectivity index (χ3v) is 2.76. The van der Waals surface area contributed by atoms with Crippen LogP contribution in [0.15, 0.2) is 24.3 Å². The molecule has 1 aliphatic heterocycles. The van der Waals surface area contributed by atoms with Crippen LogP contribution in [0, 0.1) is 0 Å². The van der Waals surface area contributed by atoms with Gasteiger partial charge in [-0.25, -0.2) is 0 Å². The molecule has 0 bridgehead atoms. The molecule has 0 amide bonds. The van der Waals surface area contributed by atoms with Gasteiger partial charge in [0, 0.05) is 19.6 Å². The van der Waals surface area contributed by atoms with Crippen LogP contribution < -0.4 is 5.46 Å². The van der Waals surface area contributed by atoms with Gasteiger partial charge in [0.2, 0.25) is 0 Å². The molecular formula is C11H16BNO3. The molecular weight excluding hydrogens is 205 g/mol. The summed E-state index contributed by atoms with van der Waals surface area (Å²) in [6.45, 7) is 4.27. The zero-order valence-electron chi connectivity index (χ0n) is 9.17. The maximum atomic E-state index is 9.08. The van der Waals surface area contributed by atoms with E-state index in [1.807, 2.05) is 18.2 Å². The van der Waals surface area contributed by atoms with Crippen LogP contribution in [0.5, 0.6) is 0 Å². The van der Waals surface area contributed by atoms with Crippen molar-refractivity contribution in [1.82, 2.24) is 4.90 Å². The van der Waals surface area contributed by atoms with Crippen LogP contribution in [0.4, 0.5) is 0 Å². The van der Waals surface area contributed by atoms with Gasteiger partial charge >= 0.3 is 7.12 Å². The first-order valence-electron chi connectivity index (χ1n) is 5.51. The van der Waals surface area contributed by atoms with Crippen LogP contribution in [-0.2, 0) is 11.3 Å². The third-order valence-electron chi connectivity index (χ3n) is 2.76. The van der Waals surface area contributed by atoms with Crippen LogP contribution >= 0.6 is 0 Å². The second-order valence-corrected chi connectivity index (χ2v) is 4.01. The lowest BCUT2D eigenvalue weighted by atomic mass is 9.79. The molecule has 0 unspecified atom stereocenters. The largest absolute Gasteiger partial charge is 0.488 e. The Hall–Kier alpha value is -0.875. The summed E-state index contributed by atoms with van der Waals surface area (Å²) in [7, 11) is -1.38. The lowest BCUT2D eigenvalue weighted by molar-refractivity contribution is 0.0342. The minimum absolute atomic E-state index is 0.547. The Bertz CT molecular complexity index is 340. The van der Waals surface area contributed by atoms with Crippen LogP contribution in [0.25, 0.3) is 0 Å². The molecule has 0 radical (unpaired) electrons. The minimum Gasteiger partial charge on any atom is -0.423 e. The van der Waals surface area contributed by atoms with E-state index >= 15 is 0 Å². The van der Waals surface area contributed by atoms with E-state index in [0.717, 1.165) is 38.4 Å². The number of ether oxygens (including phenoxy) is 1. The summed E-state index contributed by atoms with van der Waals surface area (Å²) in [6, 6.07) is 7.40. The number of hydrogen-bond donors (Lipinski definition) is 2. The molecule has 0 saturated carbocycles. The molecule has 16 heavy (non-hydrogen) atoms. The molecule has 4 nitrogen and oxygen atoms in total. The van der Waals surface area contributed by atoms with E-state index in [4.69, 9.17) is 14.8 Å². The fraction of sp³-hybridized carbons (Fsp3) is 0.455. The molecule has 0 atom stereocenters. The van der Waals surface area contributed by atoms with Crippen molar-refractivity contribution in [2.45, 2.75) is 6.54 Å². The van der Waals surface area contributed by atoms with E-state index in [1.54, 1.807) is 6.07 Å². The summed E-state index contributed by atoms with van der Waals surface area (Å²) in [6.07, 6.45) is 0. The highest BCUT2D eigenvalue weighted by molar-refractivity contribution is 6.58. The zero-order chi connectivity index (χ0) is 11.4. The van der Waals surface area contributed by atoms with Gasteiger partial charge in [-0.2, -0.15) is 0 Å². The summed E-state index contributed by atoms with van der Waals surface area (Å²) in [4.78, 5) is 2.30. The van der Waals surface area contributed by atoms with Gasteiger partial charge in [0.05, 0.1) is 13.2 Å². The monoisotopic (exact) mass is 221 g/mol. The molecule has 86 valence electrons. The molecule has 0 aromatic heterocycles. The maximum absolute atomic E-state index is 9.08. The van der Waals surface area contributed by atoms with E-state index in [9.17, 15) is 0 Å². The van der Waals surface area contributed by atoms with Crippen molar-refractivity contribution in [1.29, 1.82) is 0 Å². The Labute approximate surface area is 95.6 Å². The Kier molecular flexibility index (Phi) is 3.95. The second-order valence-electron chi connectivity index (χ2n) is 4.01. The Morgan fingerprint density at radius 3 is 2.69 bits per heavy atom. The maximum Gasteiger partial charge on any atom is 0.488 e. The molecule has 1 fully saturated rings. The van der Waals surface area contributed by atoms with Gasteiger partial charge < -0.3 is 14.8 Å². The lowest BCUT2D eigenvalue weighted by Gasteiger charge is -2.26. The van der Waals surface area contributed by atoms with Crippen molar-refractivity contribution in [3.05, 3.63) is 29.8 Å². The van der Waals surface area contributed by atoms with Crippen molar-refractivity contribution in [2.24, 2.45) is 0 Å². The number of hydrogen-bond acceptors (Lipinski definition) is 4. The average Bonchev–Trinajstić information content (AvgIpc) is 2.30. The van der Waals surface area contributed by atoms with E-state index in [-0.39, 0.29) is 0 Å². The molecule has 2 rings (SSSR count). The van der Waals surface area contributed by atoms with Crippen molar-refractivity contribution in [2.75, 3.05) is 26.3 Å². The number of benzene rings is 1. The molecule has 1 aromatic rings. The quantitative estimate of drug-likeness (QED) is 0.656. The summed E-state index contributed by atoms with van der Waals surface area (Å²) < 4.78 is 5.28. The predicted molar refractivity (Wildman–Crippen MR) is 62.4 cm³/mol. The zero-order valence-corrected chi connectivity index (χ0v) is 9.17. The summed E-state index contributed by atoms with van der Waals surface area (Å²) in [5, 5.41) is 18.2. The minimum atomic E-state index is -1.38. The van der Waals surface area contributed by atoms with Crippen molar-refractivity contribution in [3.8, 4) is 0 Å². The highest BCUT2D eigenvalue weighted by Crippen LogP contribution is 2.05. The average molecular weight is 221 g/mol. The van der Waals surface area contributed by atoms with Gasteiger partial charge in [0.25, 0.3) is 0 Å². The second kappa shape index (κ2) is 5.45. The number of rotatable bonds is 3. The molecule has 1 aliphatic rings. The fourth-order valence-electron chi connectivity index (χ4n) is 1.87. The van der Waals surface area contributed by atoms with E-state index in [1.165, 1.54) is 0 Å². The molecule has 0 spiro atoms. The lowest BCUT2D eigenvalue weighted by Crippen LogP contribution is -2.36. The van der Waals surface area contributed by atoms with Crippen molar-refractivity contribution >= 4 is 12.6 Å². The Morgan fingerprint density at radius 1 is 1.25 bits per heavy atom. The first kappa shape index (κ1) is 11.6. The summed E-state index contributed by atoms with van der Waals surface area (Å²) in [5.74, 6) is 0. The third kappa shape index (κ3) is 3.06. The Balaban J connectivity index is 2.00. The SMILES string of the molecule is OB(O)c1cccc(CN2CCOCC2)c1. The molecule has 0 aliphatic carbocycles. The van der Waals surface area contributed by atoms with Gasteiger partial charge in [-0.05, 0) is 11.0 Å². The summed E-state index contributed by atoms with van der Waals surface area (Å²) >= 11 is 0. The fourth-order valence-corrected chi connectivity index (χ4v) is 1.87. The highest BCUT2D eigenvalue weighted by atomic mass is 16.5. The van der Waals surface area contributed by atoms with Crippen molar-refractivity contribution < 1.29 is 14.8 Å². The van der Waals surface area contributed by atoms with Gasteiger partial charge in [0.1, 0.15) is 0 Å². The molecule has 5 heteroatoms. The van der Waals surface area contributed by atoms with Gasteiger partial charge in [-0.3, -0.25) is 4.90 Å². The Morgan fingerprint density at radius 2 is 2.00 bits per heavy atom. The first-order valence-corrected chi connectivity index (χ1v) is 5.51. The molecule has 1 saturated heterocycles. The normalized spacial score (nSPS) is 17.4. The van der Waals surface area contributed by atoms with E-state index in [0.29, 0.717) is 5.46 Å². The summed E-state index contributed by atoms with van der Waals surface area (Å²) in [5.41, 5.74) is 1.65. The van der Waals surface area contributed by atoms with Crippen molar-refractivity contribution in [3.63, 3.8) is 0 Å². The standard InChI is InChI=1S/C11H16BNO3/c14-12(15)11-3-1-2-10(8-11)9-13-4-6-16-7-5-13/h1-3,8,14-15H,4-7,9H2. The van der Waals surface area contributed by atoms with E-state index in [2.05, 4.69) is 4.90 Å². The number of morpholine rings is 1. The van der Waals surface area contributed by atoms with Crippen LogP contribution in [0.2, 0.25) is 0 Å². The van der Waals surface area contributed by atoms with E-state index < -0.39 is 7.12 Å². The van der Waals surface area contributed by atoms with Gasteiger partial charge in [0.15, 0.2) is 0 Å². The highest BCUT2D eigenvalue weighted by Gasteiger charge is 2.13. The molecule has 2 N–H and O–H groups in total. The first-order chi connectivity index (χ1) is 7.75. The van der Waals surface area contributed by atoms with Crippen LogP contribution in [0.1, 0.15) is 5.56 Å². The smallest absolute Gasteiger partial charge is 0.423 e. The predicted octanol–water partition coefficient (Wildman–Crippen LogP) is -0.801. The van der Waals surface area contributed by atoms with Crippen LogP contribution in [0.3, 0.4) is 0 Å². The molecule has 1 heterocycles.